The van der Waals surface area contributed by atoms with E-state index in [-0.39, 0.29) is 18.1 Å². The van der Waals surface area contributed by atoms with Crippen LogP contribution in [0.2, 0.25) is 0 Å². The Morgan fingerprint density at radius 2 is 1.67 bits per heavy atom. The molecule has 2 amide bonds. The molecule has 2 bridgehead atoms. The molecule has 2 aliphatic rings. The highest BCUT2D eigenvalue weighted by atomic mass is 32.2. The molecule has 27 heavy (non-hydrogen) atoms. The van der Waals surface area contributed by atoms with E-state index in [0.717, 1.165) is 24.1 Å². The number of amides is 2. The lowest BCUT2D eigenvalue weighted by Crippen LogP contribution is -2.51. The maximum Gasteiger partial charge on any atom is 0.322 e. The van der Waals surface area contributed by atoms with Gasteiger partial charge in [0.25, 0.3) is 0 Å². The number of fused-ring (bicyclic) bond motifs is 2. The van der Waals surface area contributed by atoms with E-state index in [9.17, 15) is 13.2 Å². The van der Waals surface area contributed by atoms with E-state index in [0.29, 0.717) is 17.7 Å². The summed E-state index contributed by atoms with van der Waals surface area (Å²) in [5.41, 5.74) is 1.86. The normalized spacial score (nSPS) is 24.6. The van der Waals surface area contributed by atoms with Crippen LogP contribution in [0, 0.1) is 6.92 Å². The van der Waals surface area contributed by atoms with Gasteiger partial charge >= 0.3 is 6.03 Å². The van der Waals surface area contributed by atoms with Crippen molar-refractivity contribution in [1.29, 1.82) is 0 Å². The monoisotopic (exact) mass is 384 g/mol. The smallest absolute Gasteiger partial charge is 0.318 e. The third kappa shape index (κ3) is 3.46. The zero-order valence-electron chi connectivity index (χ0n) is 15.3. The second kappa shape index (κ2) is 7.00. The molecule has 2 fully saturated rings. The Morgan fingerprint density at radius 1 is 1.00 bits per heavy atom. The number of carbonyl (C=O) groups is 1. The first-order valence-electron chi connectivity index (χ1n) is 9.40. The quantitative estimate of drug-likeness (QED) is 0.870. The molecule has 0 radical (unpaired) electrons. The van der Waals surface area contributed by atoms with Crippen LogP contribution in [0.25, 0.3) is 0 Å². The van der Waals surface area contributed by atoms with Gasteiger partial charge in [-0.1, -0.05) is 30.3 Å². The summed E-state index contributed by atoms with van der Waals surface area (Å²) in [6, 6.07) is 16.2. The number of hydrogen-bond acceptors (Lipinski definition) is 3. The minimum atomic E-state index is -3.36. The molecule has 2 aromatic carbocycles. The number of hydrogen-bond donors (Lipinski definition) is 1. The Hall–Kier alpha value is -2.34. The summed E-state index contributed by atoms with van der Waals surface area (Å²) in [7, 11) is -3.36. The summed E-state index contributed by atoms with van der Waals surface area (Å²) in [6.07, 6.45) is 2.75. The lowest BCUT2D eigenvalue weighted by molar-refractivity contribution is 0.160. The first kappa shape index (κ1) is 18.0. The van der Waals surface area contributed by atoms with Crippen molar-refractivity contribution in [3.63, 3.8) is 0 Å². The van der Waals surface area contributed by atoms with Crippen LogP contribution in [0.1, 0.15) is 31.2 Å². The number of nitrogens with one attached hydrogen (secondary N) is 1. The van der Waals surface area contributed by atoms with Crippen LogP contribution in [0.15, 0.2) is 59.5 Å². The highest BCUT2D eigenvalue weighted by Crippen LogP contribution is 2.40. The molecule has 2 aromatic rings. The largest absolute Gasteiger partial charge is 0.322 e. The van der Waals surface area contributed by atoms with Crippen molar-refractivity contribution < 1.29 is 13.2 Å². The zero-order valence-corrected chi connectivity index (χ0v) is 16.2. The Morgan fingerprint density at radius 3 is 2.30 bits per heavy atom. The fourth-order valence-corrected chi connectivity index (χ4v) is 6.30. The molecule has 0 aromatic heterocycles. The lowest BCUT2D eigenvalue weighted by atomic mass is 10.0. The second-order valence-corrected chi connectivity index (χ2v) is 9.77. The van der Waals surface area contributed by atoms with Gasteiger partial charge in [-0.25, -0.2) is 13.2 Å². The summed E-state index contributed by atoms with van der Waals surface area (Å²) < 4.78 is 26.0. The average molecular weight is 385 g/mol. The van der Waals surface area contributed by atoms with Gasteiger partial charge in [-0.3, -0.25) is 0 Å². The SMILES string of the molecule is Cc1cccc(NC(=O)N2C3CCC2CC(S(=O)(=O)c2ccccc2)C3)c1. The second-order valence-electron chi connectivity index (χ2n) is 7.54. The van der Waals surface area contributed by atoms with Crippen LogP contribution in [-0.2, 0) is 9.84 Å². The predicted molar refractivity (Wildman–Crippen MR) is 105 cm³/mol. The molecule has 0 aliphatic carbocycles. The molecule has 0 spiro atoms. The summed E-state index contributed by atoms with van der Waals surface area (Å²) in [4.78, 5) is 15.1. The van der Waals surface area contributed by atoms with E-state index in [2.05, 4.69) is 5.32 Å². The van der Waals surface area contributed by atoms with Crippen LogP contribution in [0.3, 0.4) is 0 Å². The standard InChI is InChI=1S/C21H24N2O3S/c1-15-6-5-7-16(12-15)22-21(24)23-17-10-11-18(23)14-20(13-17)27(25,26)19-8-3-2-4-9-19/h2-9,12,17-18,20H,10-11,13-14H2,1H3,(H,22,24). The van der Waals surface area contributed by atoms with Crippen molar-refractivity contribution in [2.45, 2.75) is 54.8 Å². The minimum Gasteiger partial charge on any atom is -0.318 e. The third-order valence-corrected chi connectivity index (χ3v) is 7.90. The Balaban J connectivity index is 1.50. The van der Waals surface area contributed by atoms with Crippen molar-refractivity contribution in [3.8, 4) is 0 Å². The number of sulfone groups is 1. The van der Waals surface area contributed by atoms with Crippen molar-refractivity contribution in [2.75, 3.05) is 5.32 Å². The first-order valence-corrected chi connectivity index (χ1v) is 10.9. The van der Waals surface area contributed by atoms with E-state index in [4.69, 9.17) is 0 Å². The minimum absolute atomic E-state index is 0.0166. The van der Waals surface area contributed by atoms with Crippen molar-refractivity contribution in [3.05, 3.63) is 60.2 Å². The van der Waals surface area contributed by atoms with Gasteiger partial charge in [-0.05, 0) is 62.4 Å². The van der Waals surface area contributed by atoms with E-state index in [1.807, 2.05) is 42.2 Å². The third-order valence-electron chi connectivity index (χ3n) is 5.70. The van der Waals surface area contributed by atoms with Crippen LogP contribution < -0.4 is 5.32 Å². The molecular formula is C21H24N2O3S. The first-order chi connectivity index (χ1) is 12.9. The summed E-state index contributed by atoms with van der Waals surface area (Å²) in [5.74, 6) is 0. The maximum absolute atomic E-state index is 13.0. The fraction of sp³-hybridized carbons (Fsp3) is 0.381. The summed E-state index contributed by atoms with van der Waals surface area (Å²) in [5, 5.41) is 2.56. The number of urea groups is 1. The van der Waals surface area contributed by atoms with Crippen LogP contribution in [0.5, 0.6) is 0 Å². The van der Waals surface area contributed by atoms with Gasteiger partial charge in [-0.2, -0.15) is 0 Å². The zero-order chi connectivity index (χ0) is 19.0. The number of piperidine rings is 1. The van der Waals surface area contributed by atoms with Crippen molar-refractivity contribution >= 4 is 21.6 Å². The molecule has 0 saturated carbocycles. The molecule has 2 heterocycles. The fourth-order valence-electron chi connectivity index (χ4n) is 4.43. The predicted octanol–water partition coefficient (Wildman–Crippen LogP) is 4.00. The number of benzene rings is 2. The molecule has 4 rings (SSSR count). The summed E-state index contributed by atoms with van der Waals surface area (Å²) >= 11 is 0. The molecule has 5 nitrogen and oxygen atoms in total. The average Bonchev–Trinajstić information content (AvgIpc) is 2.92. The van der Waals surface area contributed by atoms with Gasteiger partial charge in [0.05, 0.1) is 10.1 Å². The van der Waals surface area contributed by atoms with Gasteiger partial charge in [0.2, 0.25) is 0 Å². The molecule has 2 aliphatic heterocycles. The van der Waals surface area contributed by atoms with E-state index >= 15 is 0 Å². The van der Waals surface area contributed by atoms with E-state index in [1.54, 1.807) is 24.3 Å². The highest BCUT2D eigenvalue weighted by Gasteiger charge is 2.47. The molecule has 6 heteroatoms. The number of rotatable bonds is 3. The molecular weight excluding hydrogens is 360 g/mol. The number of carbonyl (C=O) groups excluding carboxylic acids is 1. The van der Waals surface area contributed by atoms with E-state index in [1.165, 1.54) is 0 Å². The number of aryl methyl sites for hydroxylation is 1. The maximum atomic E-state index is 13.0. The van der Waals surface area contributed by atoms with Crippen LogP contribution in [0.4, 0.5) is 10.5 Å². The highest BCUT2D eigenvalue weighted by molar-refractivity contribution is 7.92. The van der Waals surface area contributed by atoms with Crippen molar-refractivity contribution in [1.82, 2.24) is 4.90 Å². The molecule has 142 valence electrons. The van der Waals surface area contributed by atoms with Gasteiger partial charge in [0, 0.05) is 17.8 Å². The van der Waals surface area contributed by atoms with Crippen molar-refractivity contribution in [2.24, 2.45) is 0 Å². The molecule has 1 N–H and O–H groups in total. The Kier molecular flexibility index (Phi) is 4.68. The van der Waals surface area contributed by atoms with Gasteiger partial charge in [0.1, 0.15) is 0 Å². The summed E-state index contributed by atoms with van der Waals surface area (Å²) in [6.45, 7) is 1.99. The van der Waals surface area contributed by atoms with Crippen LogP contribution in [-0.4, -0.2) is 36.7 Å². The van der Waals surface area contributed by atoms with E-state index < -0.39 is 15.1 Å². The van der Waals surface area contributed by atoms with Gasteiger partial charge < -0.3 is 10.2 Å². The lowest BCUT2D eigenvalue weighted by Gasteiger charge is -2.38. The Labute approximate surface area is 160 Å². The Bertz CT molecular complexity index is 929. The number of nitrogens with zero attached hydrogens (tertiary/aromatic N) is 1. The molecule has 2 unspecified atom stereocenters. The van der Waals surface area contributed by atoms with Gasteiger partial charge in [0.15, 0.2) is 9.84 Å². The van der Waals surface area contributed by atoms with Gasteiger partial charge in [-0.15, -0.1) is 0 Å². The van der Waals surface area contributed by atoms with Crippen LogP contribution >= 0.6 is 0 Å². The number of anilines is 1. The molecule has 2 atom stereocenters. The topological polar surface area (TPSA) is 66.5 Å². The molecule has 2 saturated heterocycles.